The quantitative estimate of drug-likeness (QED) is 0.0398. The number of ether oxygens (including phenoxy) is 10. The predicted octanol–water partition coefficient (Wildman–Crippen LogP) is 8.64. The molecule has 0 fully saturated rings. The van der Waals surface area contributed by atoms with Gasteiger partial charge < -0.3 is 47.4 Å². The van der Waals surface area contributed by atoms with Gasteiger partial charge in [0.2, 0.25) is 12.6 Å². The summed E-state index contributed by atoms with van der Waals surface area (Å²) in [6, 6.07) is 5.90. The van der Waals surface area contributed by atoms with Gasteiger partial charge in [-0.25, -0.2) is 9.59 Å². The van der Waals surface area contributed by atoms with E-state index in [4.69, 9.17) is 47.4 Å². The first-order chi connectivity index (χ1) is 24.9. The minimum Gasteiger partial charge on any atom is -0.432 e. The van der Waals surface area contributed by atoms with Crippen LogP contribution >= 0.6 is 0 Å². The number of carbonyl (C=O) groups excluding carboxylic acids is 2. The summed E-state index contributed by atoms with van der Waals surface area (Å²) in [6.07, 6.45) is 5.16. The maximum absolute atomic E-state index is 12.7. The first-order valence-corrected chi connectivity index (χ1v) is 19.4. The molecule has 0 spiro atoms. The molecule has 0 amide bonds. The average molecular weight is 743 g/mol. The molecule has 302 valence electrons. The first-order valence-electron chi connectivity index (χ1n) is 19.4. The highest BCUT2D eigenvalue weighted by Crippen LogP contribution is 2.16. The minimum atomic E-state index is -0.894. The summed E-state index contributed by atoms with van der Waals surface area (Å²) < 4.78 is 56.4. The maximum atomic E-state index is 12.7. The lowest BCUT2D eigenvalue weighted by molar-refractivity contribution is -0.271. The molecule has 1 aromatic carbocycles. The molecule has 0 aromatic heterocycles. The Kier molecular flexibility index (Phi) is 26.9. The van der Waals surface area contributed by atoms with Crippen LogP contribution in [0.15, 0.2) is 24.3 Å². The molecule has 12 heteroatoms. The van der Waals surface area contributed by atoms with Crippen LogP contribution in [-0.2, 0) is 47.4 Å². The number of carbonyl (C=O) groups is 2. The molecule has 0 aliphatic heterocycles. The van der Waals surface area contributed by atoms with Crippen molar-refractivity contribution < 1.29 is 57.0 Å². The third-order valence-electron chi connectivity index (χ3n) is 8.39. The smallest absolute Gasteiger partial charge is 0.340 e. The van der Waals surface area contributed by atoms with Gasteiger partial charge in [0.05, 0.1) is 37.6 Å². The van der Waals surface area contributed by atoms with Crippen molar-refractivity contribution in [3.8, 4) is 0 Å². The second-order valence-electron chi connectivity index (χ2n) is 13.1. The van der Waals surface area contributed by atoms with Gasteiger partial charge in [-0.15, -0.1) is 0 Å². The Morgan fingerprint density at radius 1 is 0.500 bits per heavy atom. The molecule has 8 atom stereocenters. The maximum Gasteiger partial charge on any atom is 0.340 e. The van der Waals surface area contributed by atoms with Gasteiger partial charge in [-0.05, 0) is 90.5 Å². The number of benzene rings is 1. The van der Waals surface area contributed by atoms with E-state index in [-0.39, 0.29) is 11.1 Å². The van der Waals surface area contributed by atoms with Gasteiger partial charge in [-0.1, -0.05) is 66.2 Å². The molecule has 0 heterocycles. The predicted molar refractivity (Wildman–Crippen MR) is 199 cm³/mol. The number of hydrogen-bond acceptors (Lipinski definition) is 12. The van der Waals surface area contributed by atoms with Gasteiger partial charge in [0.15, 0.2) is 25.2 Å². The molecule has 8 unspecified atom stereocenters. The monoisotopic (exact) mass is 742 g/mol. The Morgan fingerprint density at radius 2 is 0.846 bits per heavy atom. The number of rotatable bonds is 32. The Bertz CT molecular complexity index is 957. The highest BCUT2D eigenvalue weighted by atomic mass is 16.8. The van der Waals surface area contributed by atoms with Crippen LogP contribution in [0.2, 0.25) is 0 Å². The molecule has 12 nitrogen and oxygen atoms in total. The summed E-state index contributed by atoms with van der Waals surface area (Å²) in [7, 11) is 0. The molecule has 0 bridgehead atoms. The van der Waals surface area contributed by atoms with Crippen molar-refractivity contribution in [1.82, 2.24) is 0 Å². The van der Waals surface area contributed by atoms with Crippen LogP contribution in [0, 0.1) is 11.8 Å². The van der Waals surface area contributed by atoms with Crippen LogP contribution in [0.1, 0.15) is 141 Å². The Labute approximate surface area is 313 Å². The highest BCUT2D eigenvalue weighted by Gasteiger charge is 2.20. The highest BCUT2D eigenvalue weighted by molar-refractivity contribution is 5.93. The fourth-order valence-electron chi connectivity index (χ4n) is 5.30. The van der Waals surface area contributed by atoms with Crippen LogP contribution in [0.5, 0.6) is 0 Å². The van der Waals surface area contributed by atoms with Crippen molar-refractivity contribution in [2.75, 3.05) is 39.6 Å². The van der Waals surface area contributed by atoms with Crippen LogP contribution in [-0.4, -0.2) is 89.3 Å². The fraction of sp³-hybridized carbons (Fsp3) is 0.800. The van der Waals surface area contributed by atoms with Gasteiger partial charge in [0, 0.05) is 13.2 Å². The van der Waals surface area contributed by atoms with Crippen molar-refractivity contribution in [1.29, 1.82) is 0 Å². The zero-order valence-corrected chi connectivity index (χ0v) is 33.7. The van der Waals surface area contributed by atoms with Gasteiger partial charge in [-0.3, -0.25) is 0 Å². The Morgan fingerprint density at radius 3 is 1.17 bits per heavy atom. The van der Waals surface area contributed by atoms with Crippen LogP contribution in [0.3, 0.4) is 0 Å². The number of hydrogen-bond donors (Lipinski definition) is 0. The first kappa shape index (κ1) is 47.9. The summed E-state index contributed by atoms with van der Waals surface area (Å²) in [5.74, 6) is -0.0768. The van der Waals surface area contributed by atoms with Crippen LogP contribution in [0.4, 0.5) is 0 Å². The van der Waals surface area contributed by atoms with Crippen LogP contribution in [0.25, 0.3) is 0 Å². The van der Waals surface area contributed by atoms with Crippen molar-refractivity contribution in [3.05, 3.63) is 35.4 Å². The summed E-state index contributed by atoms with van der Waals surface area (Å²) in [6.45, 7) is 22.1. The molecule has 1 aromatic rings. The summed E-state index contributed by atoms with van der Waals surface area (Å²) in [5.41, 5.74) is 0.481. The van der Waals surface area contributed by atoms with Gasteiger partial charge in [0.1, 0.15) is 0 Å². The average Bonchev–Trinajstić information content (AvgIpc) is 3.10. The Hall–Kier alpha value is -2.16. The number of esters is 2. The second kappa shape index (κ2) is 29.2. The van der Waals surface area contributed by atoms with Crippen molar-refractivity contribution in [2.45, 2.75) is 158 Å². The van der Waals surface area contributed by atoms with E-state index < -0.39 is 49.7 Å². The third-order valence-corrected chi connectivity index (χ3v) is 8.39. The van der Waals surface area contributed by atoms with Gasteiger partial charge in [-0.2, -0.15) is 0 Å². The second-order valence-corrected chi connectivity index (χ2v) is 13.1. The summed E-state index contributed by atoms with van der Waals surface area (Å²) in [5, 5.41) is 0. The molecule has 0 saturated carbocycles. The van der Waals surface area contributed by atoms with Gasteiger partial charge in [0.25, 0.3) is 0 Å². The topological polar surface area (TPSA) is 126 Å². The lowest BCUT2D eigenvalue weighted by atomic mass is 10.0. The van der Waals surface area contributed by atoms with E-state index >= 15 is 0 Å². The molecule has 0 radical (unpaired) electrons. The minimum absolute atomic E-state index is 0.240. The van der Waals surface area contributed by atoms with E-state index in [1.54, 1.807) is 41.5 Å². The zero-order valence-electron chi connectivity index (χ0n) is 33.7. The van der Waals surface area contributed by atoms with E-state index in [1.165, 1.54) is 62.8 Å². The van der Waals surface area contributed by atoms with E-state index in [0.717, 1.165) is 26.1 Å². The molecule has 1 rings (SSSR count). The Balaban J connectivity index is 2.33. The molecular formula is C40H70O12. The molecule has 0 N–H and O–H groups in total. The largest absolute Gasteiger partial charge is 0.432 e. The molecule has 0 saturated heterocycles. The summed E-state index contributed by atoms with van der Waals surface area (Å²) in [4.78, 5) is 25.4. The van der Waals surface area contributed by atoms with E-state index in [2.05, 4.69) is 27.7 Å². The van der Waals surface area contributed by atoms with Crippen molar-refractivity contribution in [3.63, 3.8) is 0 Å². The lowest BCUT2D eigenvalue weighted by Crippen LogP contribution is -2.29. The van der Waals surface area contributed by atoms with Crippen molar-refractivity contribution >= 4 is 11.9 Å². The van der Waals surface area contributed by atoms with E-state index in [1.807, 2.05) is 0 Å². The van der Waals surface area contributed by atoms with Crippen molar-refractivity contribution in [2.24, 2.45) is 11.8 Å². The zero-order chi connectivity index (χ0) is 38.7. The molecular weight excluding hydrogens is 672 g/mol. The van der Waals surface area contributed by atoms with E-state index in [0.29, 0.717) is 38.3 Å². The number of unbranched alkanes of at least 4 members (excludes halogenated alkanes) is 2. The molecule has 0 aliphatic carbocycles. The fourth-order valence-corrected chi connectivity index (χ4v) is 5.30. The van der Waals surface area contributed by atoms with Gasteiger partial charge >= 0.3 is 11.9 Å². The summed E-state index contributed by atoms with van der Waals surface area (Å²) >= 11 is 0. The molecule has 0 aliphatic rings. The molecule has 52 heavy (non-hydrogen) atoms. The third kappa shape index (κ3) is 22.8. The lowest BCUT2D eigenvalue weighted by Gasteiger charge is -2.23. The van der Waals surface area contributed by atoms with E-state index in [9.17, 15) is 9.59 Å². The SMILES string of the molecule is CCCCC(CC)COCCOC(C)OC(C)OC(C)OC(=O)c1ccc(C(=O)OC(C)OC(C)OC(C)OCCOCC(CC)CCCC)cc1. The normalized spacial score (nSPS) is 16.3. The standard InChI is InChI=1S/C40H70O12/c1-11-15-17-35(13-3)27-43-23-25-45-29(5)47-31(7)49-33(9)51-39(41)37-19-21-38(22-20-37)40(42)52-34(10)50-32(8)48-30(6)46-26-24-44-28-36(14-4)18-16-12-2/h19-22,29-36H,11-18,23-28H2,1-10H3. The van der Waals surface area contributed by atoms with Crippen LogP contribution < -0.4 is 0 Å².